The number of fused-ring (bicyclic) bond motifs is 1. The fourth-order valence-corrected chi connectivity index (χ4v) is 3.47. The summed E-state index contributed by atoms with van der Waals surface area (Å²) in [6.45, 7) is 2.43. The Morgan fingerprint density at radius 3 is 2.67 bits per heavy atom. The first-order chi connectivity index (χ1) is 13.2. The standard InChI is InChI=1S/C22H22N4O/c1-16-18(15-24-25-16)14-23-22(27)13-21(26-11-4-5-12-26)20-10-6-8-17-7-2-3-9-19(17)20/h2-12,15,21H,13-14H2,1H3,(H,23,27)(H,24,25)/t21-/m1/s1. The van der Waals surface area contributed by atoms with Crippen molar-refractivity contribution < 1.29 is 4.79 Å². The van der Waals surface area contributed by atoms with Crippen molar-refractivity contribution in [2.75, 3.05) is 0 Å². The second-order valence-electron chi connectivity index (χ2n) is 6.72. The number of hydrogen-bond acceptors (Lipinski definition) is 2. The van der Waals surface area contributed by atoms with Crippen LogP contribution in [0.5, 0.6) is 0 Å². The Morgan fingerprint density at radius 1 is 1.11 bits per heavy atom. The molecule has 0 aliphatic rings. The summed E-state index contributed by atoms with van der Waals surface area (Å²) in [5, 5.41) is 12.3. The SMILES string of the molecule is Cc1[nH]ncc1CNC(=O)C[C@H](c1cccc2ccccc12)n1cccc1. The Labute approximate surface area is 158 Å². The van der Waals surface area contributed by atoms with Gasteiger partial charge in [-0.1, -0.05) is 42.5 Å². The van der Waals surface area contributed by atoms with E-state index in [1.54, 1.807) is 6.20 Å². The van der Waals surface area contributed by atoms with Crippen LogP contribution in [0.2, 0.25) is 0 Å². The normalized spacial score (nSPS) is 12.2. The van der Waals surface area contributed by atoms with Crippen LogP contribution in [0.3, 0.4) is 0 Å². The van der Waals surface area contributed by atoms with Crippen LogP contribution in [0.4, 0.5) is 0 Å². The molecule has 1 amide bonds. The number of hydrogen-bond donors (Lipinski definition) is 2. The first-order valence-corrected chi connectivity index (χ1v) is 9.08. The zero-order valence-electron chi connectivity index (χ0n) is 15.2. The van der Waals surface area contributed by atoms with Gasteiger partial charge in [-0.05, 0) is 35.4 Å². The molecule has 2 aromatic carbocycles. The zero-order chi connectivity index (χ0) is 18.6. The van der Waals surface area contributed by atoms with Gasteiger partial charge in [0.2, 0.25) is 5.91 Å². The first kappa shape index (κ1) is 17.1. The molecule has 5 nitrogen and oxygen atoms in total. The van der Waals surface area contributed by atoms with Gasteiger partial charge in [-0.2, -0.15) is 5.10 Å². The van der Waals surface area contributed by atoms with E-state index in [-0.39, 0.29) is 11.9 Å². The molecule has 136 valence electrons. The Bertz CT molecular complexity index is 1040. The molecule has 0 saturated carbocycles. The van der Waals surface area contributed by atoms with Crippen LogP contribution in [0, 0.1) is 6.92 Å². The largest absolute Gasteiger partial charge is 0.352 e. The van der Waals surface area contributed by atoms with Crippen LogP contribution in [0.25, 0.3) is 10.8 Å². The number of aryl methyl sites for hydroxylation is 1. The van der Waals surface area contributed by atoms with Crippen LogP contribution in [0.15, 0.2) is 73.2 Å². The number of aromatic nitrogens is 3. The molecule has 2 heterocycles. The highest BCUT2D eigenvalue weighted by Gasteiger charge is 2.19. The van der Waals surface area contributed by atoms with E-state index in [0.717, 1.165) is 16.8 Å². The van der Waals surface area contributed by atoms with Gasteiger partial charge in [0, 0.05) is 30.2 Å². The van der Waals surface area contributed by atoms with Crippen molar-refractivity contribution in [3.8, 4) is 0 Å². The average molecular weight is 358 g/mol. The van der Waals surface area contributed by atoms with Gasteiger partial charge in [-0.3, -0.25) is 9.89 Å². The summed E-state index contributed by atoms with van der Waals surface area (Å²) in [5.74, 6) is 0.0160. The summed E-state index contributed by atoms with van der Waals surface area (Å²) in [5.41, 5.74) is 3.14. The number of rotatable bonds is 6. The van der Waals surface area contributed by atoms with E-state index in [2.05, 4.69) is 50.4 Å². The van der Waals surface area contributed by atoms with Crippen molar-refractivity contribution >= 4 is 16.7 Å². The number of aromatic amines is 1. The van der Waals surface area contributed by atoms with Gasteiger partial charge in [0.05, 0.1) is 18.7 Å². The van der Waals surface area contributed by atoms with E-state index >= 15 is 0 Å². The summed E-state index contributed by atoms with van der Waals surface area (Å²) in [6.07, 6.45) is 6.16. The minimum Gasteiger partial charge on any atom is -0.352 e. The highest BCUT2D eigenvalue weighted by atomic mass is 16.1. The third kappa shape index (κ3) is 3.62. The molecule has 0 fully saturated rings. The highest BCUT2D eigenvalue weighted by Crippen LogP contribution is 2.29. The summed E-state index contributed by atoms with van der Waals surface area (Å²) in [7, 11) is 0. The van der Waals surface area contributed by atoms with Gasteiger partial charge >= 0.3 is 0 Å². The maximum Gasteiger partial charge on any atom is 0.222 e. The predicted molar refractivity (Wildman–Crippen MR) is 106 cm³/mol. The number of H-pyrrole nitrogens is 1. The summed E-state index contributed by atoms with van der Waals surface area (Å²) >= 11 is 0. The molecule has 27 heavy (non-hydrogen) atoms. The maximum absolute atomic E-state index is 12.7. The number of carbonyl (C=O) groups is 1. The Kier molecular flexibility index (Phi) is 4.75. The van der Waals surface area contributed by atoms with Gasteiger partial charge in [-0.15, -0.1) is 0 Å². The van der Waals surface area contributed by atoms with Crippen molar-refractivity contribution in [1.29, 1.82) is 0 Å². The molecule has 4 rings (SSSR count). The lowest BCUT2D eigenvalue weighted by molar-refractivity contribution is -0.121. The van der Waals surface area contributed by atoms with E-state index < -0.39 is 0 Å². The maximum atomic E-state index is 12.7. The molecule has 0 radical (unpaired) electrons. The number of nitrogens with one attached hydrogen (secondary N) is 2. The third-order valence-electron chi connectivity index (χ3n) is 4.96. The fraction of sp³-hybridized carbons (Fsp3) is 0.182. The predicted octanol–water partition coefficient (Wildman–Crippen LogP) is 3.97. The zero-order valence-corrected chi connectivity index (χ0v) is 15.2. The quantitative estimate of drug-likeness (QED) is 0.548. The van der Waals surface area contributed by atoms with Crippen molar-refractivity contribution in [1.82, 2.24) is 20.1 Å². The number of carbonyl (C=O) groups excluding carboxylic acids is 1. The van der Waals surface area contributed by atoms with E-state index in [1.807, 2.05) is 43.6 Å². The van der Waals surface area contributed by atoms with E-state index in [4.69, 9.17) is 0 Å². The molecule has 0 saturated heterocycles. The van der Waals surface area contributed by atoms with E-state index in [9.17, 15) is 4.79 Å². The second kappa shape index (κ2) is 7.50. The molecule has 4 aromatic rings. The van der Waals surface area contributed by atoms with Crippen LogP contribution in [-0.4, -0.2) is 20.7 Å². The topological polar surface area (TPSA) is 62.7 Å². The number of amides is 1. The molecular formula is C22H22N4O. The monoisotopic (exact) mass is 358 g/mol. The average Bonchev–Trinajstić information content (AvgIpc) is 3.36. The molecule has 0 bridgehead atoms. The van der Waals surface area contributed by atoms with Crippen molar-refractivity contribution in [2.24, 2.45) is 0 Å². The van der Waals surface area contributed by atoms with Gasteiger partial charge < -0.3 is 9.88 Å². The minimum atomic E-state index is -0.0588. The van der Waals surface area contributed by atoms with Crippen molar-refractivity contribution in [2.45, 2.75) is 25.9 Å². The lowest BCUT2D eigenvalue weighted by atomic mass is 9.96. The molecule has 0 spiro atoms. The lowest BCUT2D eigenvalue weighted by Gasteiger charge is -2.21. The summed E-state index contributed by atoms with van der Waals surface area (Å²) in [6, 6.07) is 18.5. The Morgan fingerprint density at radius 2 is 1.89 bits per heavy atom. The smallest absolute Gasteiger partial charge is 0.222 e. The molecule has 0 aliphatic heterocycles. The molecule has 1 atom stereocenters. The van der Waals surface area contributed by atoms with Gasteiger partial charge in [0.1, 0.15) is 0 Å². The molecule has 2 N–H and O–H groups in total. The van der Waals surface area contributed by atoms with Crippen LogP contribution in [0.1, 0.15) is 29.3 Å². The Balaban J connectivity index is 1.60. The van der Waals surface area contributed by atoms with Crippen LogP contribution in [-0.2, 0) is 11.3 Å². The first-order valence-electron chi connectivity index (χ1n) is 9.08. The summed E-state index contributed by atoms with van der Waals surface area (Å²) < 4.78 is 2.10. The Hall–Kier alpha value is -3.34. The molecule has 0 unspecified atom stereocenters. The van der Waals surface area contributed by atoms with Gasteiger partial charge in [0.15, 0.2) is 0 Å². The van der Waals surface area contributed by atoms with Crippen LogP contribution >= 0.6 is 0 Å². The van der Waals surface area contributed by atoms with Crippen molar-refractivity contribution in [3.63, 3.8) is 0 Å². The number of nitrogens with zero attached hydrogens (tertiary/aromatic N) is 2. The fourth-order valence-electron chi connectivity index (χ4n) is 3.47. The van der Waals surface area contributed by atoms with Gasteiger partial charge in [0.25, 0.3) is 0 Å². The summed E-state index contributed by atoms with van der Waals surface area (Å²) in [4.78, 5) is 12.7. The third-order valence-corrected chi connectivity index (χ3v) is 4.96. The molecular weight excluding hydrogens is 336 g/mol. The molecule has 0 aliphatic carbocycles. The van der Waals surface area contributed by atoms with Crippen molar-refractivity contribution in [3.05, 3.63) is 90.0 Å². The minimum absolute atomic E-state index is 0.0160. The van der Waals surface area contributed by atoms with Crippen LogP contribution < -0.4 is 5.32 Å². The van der Waals surface area contributed by atoms with E-state index in [1.165, 1.54) is 10.8 Å². The van der Waals surface area contributed by atoms with E-state index in [0.29, 0.717) is 13.0 Å². The molecule has 2 aromatic heterocycles. The second-order valence-corrected chi connectivity index (χ2v) is 6.72. The highest BCUT2D eigenvalue weighted by molar-refractivity contribution is 5.87. The molecule has 5 heteroatoms. The lowest BCUT2D eigenvalue weighted by Crippen LogP contribution is -2.26. The number of benzene rings is 2. The van der Waals surface area contributed by atoms with Gasteiger partial charge in [-0.25, -0.2) is 0 Å².